The molecule has 1 heterocycles. The molecule has 1 unspecified atom stereocenters. The van der Waals surface area contributed by atoms with Gasteiger partial charge in [0.2, 0.25) is 0 Å². The highest BCUT2D eigenvalue weighted by atomic mass is 35.5. The van der Waals surface area contributed by atoms with E-state index in [9.17, 15) is 14.4 Å². The van der Waals surface area contributed by atoms with Gasteiger partial charge in [0.15, 0.2) is 6.54 Å². The van der Waals surface area contributed by atoms with Crippen molar-refractivity contribution >= 4 is 29.4 Å². The van der Waals surface area contributed by atoms with Crippen molar-refractivity contribution in [2.75, 3.05) is 13.6 Å². The van der Waals surface area contributed by atoms with Crippen LogP contribution in [0.5, 0.6) is 0 Å². The average Bonchev–Trinajstić information content (AvgIpc) is 2.84. The monoisotopic (exact) mass is 393 g/mol. The first-order valence-corrected chi connectivity index (χ1v) is 9.69. The van der Waals surface area contributed by atoms with Crippen LogP contribution in [-0.4, -0.2) is 42.0 Å². The number of rotatable bonds is 5. The summed E-state index contributed by atoms with van der Waals surface area (Å²) in [6.07, 6.45) is 3.02. The summed E-state index contributed by atoms with van der Waals surface area (Å²) in [4.78, 5) is 38.3. The molecule has 1 aromatic rings. The number of quaternary nitrogens is 1. The minimum atomic E-state index is -0.848. The Labute approximate surface area is 164 Å². The Morgan fingerprint density at radius 2 is 1.93 bits per heavy atom. The first-order chi connectivity index (χ1) is 12.8. The number of benzene rings is 1. The third-order valence-corrected chi connectivity index (χ3v) is 5.66. The maximum Gasteiger partial charge on any atom is 0.344 e. The van der Waals surface area contributed by atoms with E-state index < -0.39 is 11.6 Å². The zero-order valence-corrected chi connectivity index (χ0v) is 16.4. The fraction of sp³-hybridized carbons (Fsp3) is 0.526. The lowest BCUT2D eigenvalue weighted by molar-refractivity contribution is -0.885. The topological polar surface area (TPSA) is 83.0 Å². The molecule has 1 saturated carbocycles. The first-order valence-electron chi connectivity index (χ1n) is 9.31. The molecular formula is C19H26ClN4O3+. The number of amides is 4. The molecule has 0 bridgehead atoms. The molecule has 4 amide bonds. The van der Waals surface area contributed by atoms with Gasteiger partial charge in [-0.3, -0.25) is 15.0 Å². The molecule has 3 N–H and O–H groups in total. The third kappa shape index (κ3) is 4.42. The minimum Gasteiger partial charge on any atom is -0.326 e. The highest BCUT2D eigenvalue weighted by Gasteiger charge is 2.52. The van der Waals surface area contributed by atoms with Gasteiger partial charge in [0.1, 0.15) is 12.1 Å². The van der Waals surface area contributed by atoms with Crippen LogP contribution in [0.1, 0.15) is 38.2 Å². The summed E-state index contributed by atoms with van der Waals surface area (Å²) in [7, 11) is 1.88. The van der Waals surface area contributed by atoms with Gasteiger partial charge in [-0.1, -0.05) is 30.7 Å². The van der Waals surface area contributed by atoms with Crippen LogP contribution in [0.15, 0.2) is 24.3 Å². The van der Waals surface area contributed by atoms with Crippen molar-refractivity contribution in [1.82, 2.24) is 15.8 Å². The number of carbonyl (C=O) groups is 3. The molecule has 1 saturated heterocycles. The number of nitrogens with one attached hydrogen (secondary N) is 3. The molecule has 0 aromatic heterocycles. The van der Waals surface area contributed by atoms with Gasteiger partial charge in [0.25, 0.3) is 11.8 Å². The second-order valence-corrected chi connectivity index (χ2v) is 8.24. The predicted molar refractivity (Wildman–Crippen MR) is 101 cm³/mol. The number of halogens is 1. The summed E-state index contributed by atoms with van der Waals surface area (Å²) < 4.78 is 0. The Balaban J connectivity index is 1.55. The highest BCUT2D eigenvalue weighted by Crippen LogP contribution is 2.35. The zero-order valence-electron chi connectivity index (χ0n) is 15.7. The van der Waals surface area contributed by atoms with Crippen LogP contribution in [0.25, 0.3) is 0 Å². The van der Waals surface area contributed by atoms with Crippen molar-refractivity contribution in [2.24, 2.45) is 5.92 Å². The van der Waals surface area contributed by atoms with E-state index in [2.05, 4.69) is 17.7 Å². The second kappa shape index (κ2) is 7.86. The number of hydrazine groups is 1. The molecule has 8 heteroatoms. The predicted octanol–water partition coefficient (Wildman–Crippen LogP) is 0.887. The van der Waals surface area contributed by atoms with Crippen molar-refractivity contribution in [2.45, 2.75) is 44.7 Å². The second-order valence-electron chi connectivity index (χ2n) is 7.81. The number of hydrogen-bond donors (Lipinski definition) is 3. The largest absolute Gasteiger partial charge is 0.344 e. The van der Waals surface area contributed by atoms with Gasteiger partial charge in [-0.05, 0) is 43.7 Å². The molecule has 2 aliphatic rings. The van der Waals surface area contributed by atoms with Crippen LogP contribution >= 0.6 is 11.6 Å². The van der Waals surface area contributed by atoms with E-state index in [1.54, 1.807) is 0 Å². The van der Waals surface area contributed by atoms with Gasteiger partial charge < -0.3 is 10.2 Å². The average molecular weight is 394 g/mol. The summed E-state index contributed by atoms with van der Waals surface area (Å²) in [6.45, 7) is 2.92. The molecule has 146 valence electrons. The Morgan fingerprint density at radius 1 is 1.30 bits per heavy atom. The van der Waals surface area contributed by atoms with Gasteiger partial charge >= 0.3 is 6.03 Å². The van der Waals surface area contributed by atoms with Crippen LogP contribution in [-0.2, 0) is 16.1 Å². The summed E-state index contributed by atoms with van der Waals surface area (Å²) >= 11 is 5.88. The zero-order chi connectivity index (χ0) is 19.6. The Hall–Kier alpha value is -2.12. The summed E-state index contributed by atoms with van der Waals surface area (Å²) in [5.41, 5.74) is 2.68. The molecule has 1 aromatic carbocycles. The lowest BCUT2D eigenvalue weighted by atomic mass is 9.77. The lowest BCUT2D eigenvalue weighted by Crippen LogP contribution is -3.09. The van der Waals surface area contributed by atoms with Crippen molar-refractivity contribution in [3.63, 3.8) is 0 Å². The van der Waals surface area contributed by atoms with E-state index in [0.29, 0.717) is 30.3 Å². The van der Waals surface area contributed by atoms with E-state index in [0.717, 1.165) is 28.3 Å². The lowest BCUT2D eigenvalue weighted by Gasteiger charge is -2.33. The number of hydrogen-bond acceptors (Lipinski definition) is 3. The first kappa shape index (κ1) is 19.6. The quantitative estimate of drug-likeness (QED) is 0.649. The number of carbonyl (C=O) groups excluding carboxylic acids is 3. The summed E-state index contributed by atoms with van der Waals surface area (Å²) in [5.74, 6) is -0.164. The van der Waals surface area contributed by atoms with Crippen LogP contribution in [0.4, 0.5) is 4.79 Å². The SMILES string of the molecule is CC1CCC2(CC1)NC(=O)N(NC(=O)C[NH+](C)Cc1ccc(Cl)cc1)C2=O. The fourth-order valence-electron chi connectivity index (χ4n) is 3.77. The molecule has 1 atom stereocenters. The maximum atomic E-state index is 12.8. The standard InChI is InChI=1S/C19H25ClN4O3/c1-13-7-9-19(10-8-13)17(26)24(18(27)21-19)22-16(25)12-23(2)11-14-3-5-15(20)6-4-14/h3-6,13H,7-12H2,1-2H3,(H,21,27)(H,22,25)/p+1. The molecule has 2 fully saturated rings. The smallest absolute Gasteiger partial charge is 0.326 e. The molecule has 1 aliphatic heterocycles. The van der Waals surface area contributed by atoms with Crippen LogP contribution in [0.3, 0.4) is 0 Å². The third-order valence-electron chi connectivity index (χ3n) is 5.41. The van der Waals surface area contributed by atoms with E-state index in [4.69, 9.17) is 11.6 Å². The number of likely N-dealkylation sites (N-methyl/N-ethyl adjacent to an activating group) is 1. The van der Waals surface area contributed by atoms with Crippen molar-refractivity contribution in [3.05, 3.63) is 34.9 Å². The Bertz CT molecular complexity index is 729. The van der Waals surface area contributed by atoms with E-state index in [1.165, 1.54) is 0 Å². The van der Waals surface area contributed by atoms with Gasteiger partial charge in [0.05, 0.1) is 7.05 Å². The Morgan fingerprint density at radius 3 is 2.56 bits per heavy atom. The van der Waals surface area contributed by atoms with Crippen LogP contribution in [0, 0.1) is 5.92 Å². The van der Waals surface area contributed by atoms with Crippen molar-refractivity contribution < 1.29 is 19.3 Å². The molecule has 3 rings (SSSR count). The molecule has 7 nitrogen and oxygen atoms in total. The molecular weight excluding hydrogens is 368 g/mol. The van der Waals surface area contributed by atoms with Gasteiger partial charge in [-0.15, -0.1) is 0 Å². The van der Waals surface area contributed by atoms with E-state index >= 15 is 0 Å². The van der Waals surface area contributed by atoms with Crippen molar-refractivity contribution in [1.29, 1.82) is 0 Å². The van der Waals surface area contributed by atoms with Crippen LogP contribution < -0.4 is 15.6 Å². The van der Waals surface area contributed by atoms with Gasteiger partial charge in [-0.25, -0.2) is 4.79 Å². The number of nitrogens with zero attached hydrogens (tertiary/aromatic N) is 1. The minimum absolute atomic E-state index is 0.143. The number of urea groups is 1. The number of imide groups is 1. The molecule has 27 heavy (non-hydrogen) atoms. The Kier molecular flexibility index (Phi) is 5.72. The van der Waals surface area contributed by atoms with Crippen molar-refractivity contribution in [3.8, 4) is 0 Å². The van der Waals surface area contributed by atoms with Gasteiger partial charge in [-0.2, -0.15) is 5.01 Å². The fourth-order valence-corrected chi connectivity index (χ4v) is 3.89. The molecule has 1 aliphatic carbocycles. The van der Waals surface area contributed by atoms with Crippen LogP contribution in [0.2, 0.25) is 5.02 Å². The van der Waals surface area contributed by atoms with Gasteiger partial charge in [0, 0.05) is 10.6 Å². The maximum absolute atomic E-state index is 12.8. The summed E-state index contributed by atoms with van der Waals surface area (Å²) in [6, 6.07) is 6.90. The van der Waals surface area contributed by atoms with E-state index in [1.807, 2.05) is 31.3 Å². The summed E-state index contributed by atoms with van der Waals surface area (Å²) in [5, 5.41) is 4.32. The normalized spacial score (nSPS) is 26.2. The highest BCUT2D eigenvalue weighted by molar-refractivity contribution is 6.30. The van der Waals surface area contributed by atoms with E-state index in [-0.39, 0.29) is 18.4 Å². The molecule has 0 radical (unpaired) electrons. The molecule has 1 spiro atoms.